The van der Waals surface area contributed by atoms with E-state index < -0.39 is 0 Å². The van der Waals surface area contributed by atoms with E-state index in [2.05, 4.69) is 30.4 Å². The average molecular weight is 237 g/mol. The fourth-order valence-corrected chi connectivity index (χ4v) is 2.33. The van der Waals surface area contributed by atoms with Crippen LogP contribution in [0.4, 0.5) is 5.69 Å². The van der Waals surface area contributed by atoms with E-state index in [-0.39, 0.29) is 0 Å². The molecule has 1 aromatic carbocycles. The fraction of sp³-hybridized carbons (Fsp3) is 0.167. The minimum Gasteiger partial charge on any atom is -0.380 e. The Morgan fingerprint density at radius 1 is 1.40 bits per heavy atom. The van der Waals surface area contributed by atoms with Gasteiger partial charge in [-0.05, 0) is 31.2 Å². The van der Waals surface area contributed by atoms with Gasteiger partial charge in [0.15, 0.2) is 0 Å². The van der Waals surface area contributed by atoms with E-state index in [1.54, 1.807) is 0 Å². The number of nitrogens with one attached hydrogen (secondary N) is 1. The van der Waals surface area contributed by atoms with Crippen LogP contribution >= 0.6 is 22.9 Å². The summed E-state index contributed by atoms with van der Waals surface area (Å²) < 4.78 is 0. The highest BCUT2D eigenvalue weighted by Gasteiger charge is 1.97. The first kappa shape index (κ1) is 10.5. The third-order valence-corrected chi connectivity index (χ3v) is 3.25. The number of thiophene rings is 1. The Kier molecular flexibility index (Phi) is 3.29. The second kappa shape index (κ2) is 4.69. The number of rotatable bonds is 3. The molecule has 0 unspecified atom stereocenters. The van der Waals surface area contributed by atoms with E-state index in [1.165, 1.54) is 9.75 Å². The fourth-order valence-electron chi connectivity index (χ4n) is 1.32. The van der Waals surface area contributed by atoms with Gasteiger partial charge in [-0.3, -0.25) is 0 Å². The van der Waals surface area contributed by atoms with Crippen LogP contribution in [0, 0.1) is 13.0 Å². The van der Waals surface area contributed by atoms with Crippen LogP contribution in [0.3, 0.4) is 0 Å². The number of hydrogen-bond acceptors (Lipinski definition) is 2. The maximum atomic E-state index is 5.84. The second-order valence-electron chi connectivity index (χ2n) is 3.29. The highest BCUT2D eigenvalue weighted by Crippen LogP contribution is 2.18. The Hall–Kier alpha value is -0.990. The van der Waals surface area contributed by atoms with Crippen molar-refractivity contribution in [1.82, 2.24) is 0 Å². The molecule has 1 nitrogen and oxygen atoms in total. The molecule has 1 heterocycles. The van der Waals surface area contributed by atoms with Gasteiger partial charge >= 0.3 is 0 Å². The first-order valence-electron chi connectivity index (χ1n) is 4.70. The summed E-state index contributed by atoms with van der Waals surface area (Å²) in [6.07, 6.45) is 0. The molecule has 1 N–H and O–H groups in total. The summed E-state index contributed by atoms with van der Waals surface area (Å²) in [6.45, 7) is 2.96. The van der Waals surface area contributed by atoms with Crippen molar-refractivity contribution in [3.8, 4) is 0 Å². The molecular formula is C12H11ClNS. The van der Waals surface area contributed by atoms with Crippen molar-refractivity contribution in [3.05, 3.63) is 51.2 Å². The number of halogens is 1. The predicted octanol–water partition coefficient (Wildman–Crippen LogP) is 4.12. The molecule has 2 rings (SSSR count). The maximum absolute atomic E-state index is 5.84. The van der Waals surface area contributed by atoms with Crippen molar-refractivity contribution in [2.24, 2.45) is 0 Å². The molecule has 0 saturated carbocycles. The summed E-state index contributed by atoms with van der Waals surface area (Å²) >= 11 is 7.65. The first-order valence-corrected chi connectivity index (χ1v) is 5.90. The smallest absolute Gasteiger partial charge is 0.0505 e. The first-order chi connectivity index (χ1) is 7.24. The zero-order chi connectivity index (χ0) is 10.7. The summed E-state index contributed by atoms with van der Waals surface area (Å²) in [6, 6.07) is 12.8. The van der Waals surface area contributed by atoms with E-state index in [1.807, 2.05) is 29.5 Å². The number of benzene rings is 1. The zero-order valence-electron chi connectivity index (χ0n) is 8.38. The van der Waals surface area contributed by atoms with E-state index in [0.717, 1.165) is 12.2 Å². The molecular weight excluding hydrogens is 226 g/mol. The minimum atomic E-state index is 0.641. The maximum Gasteiger partial charge on any atom is 0.0505 e. The van der Waals surface area contributed by atoms with E-state index >= 15 is 0 Å². The van der Waals surface area contributed by atoms with E-state index in [4.69, 9.17) is 11.6 Å². The van der Waals surface area contributed by atoms with Gasteiger partial charge in [-0.25, -0.2) is 0 Å². The van der Waals surface area contributed by atoms with Gasteiger partial charge in [-0.15, -0.1) is 11.3 Å². The van der Waals surface area contributed by atoms with Crippen molar-refractivity contribution in [2.45, 2.75) is 13.5 Å². The van der Waals surface area contributed by atoms with Crippen LogP contribution in [0.1, 0.15) is 9.75 Å². The molecule has 77 valence electrons. The van der Waals surface area contributed by atoms with Crippen LogP contribution in [0.15, 0.2) is 30.3 Å². The molecule has 15 heavy (non-hydrogen) atoms. The lowest BCUT2D eigenvalue weighted by atomic mass is 10.3. The van der Waals surface area contributed by atoms with Crippen molar-refractivity contribution < 1.29 is 0 Å². The SMILES string of the molecule is Cc1ccc(CNc2cc[c]c(Cl)c2)s1. The molecule has 0 bridgehead atoms. The molecule has 0 fully saturated rings. The standard InChI is InChI=1S/C12H11ClNS/c1-9-5-6-12(15-9)8-14-11-4-2-3-10(13)7-11/h2,4-7,14H,8H2,1H3. The lowest BCUT2D eigenvalue weighted by Crippen LogP contribution is -1.96. The highest BCUT2D eigenvalue weighted by molar-refractivity contribution is 7.11. The molecule has 0 aliphatic carbocycles. The third-order valence-electron chi connectivity index (χ3n) is 2.03. The number of aryl methyl sites for hydroxylation is 1. The topological polar surface area (TPSA) is 12.0 Å². The van der Waals surface area contributed by atoms with Crippen molar-refractivity contribution in [3.63, 3.8) is 0 Å². The van der Waals surface area contributed by atoms with Crippen molar-refractivity contribution >= 4 is 28.6 Å². The van der Waals surface area contributed by atoms with Gasteiger partial charge in [-0.1, -0.05) is 17.7 Å². The van der Waals surface area contributed by atoms with Crippen LogP contribution in [0.5, 0.6) is 0 Å². The number of hydrogen-bond donors (Lipinski definition) is 1. The Labute approximate surface area is 98.7 Å². The number of anilines is 1. The van der Waals surface area contributed by atoms with Crippen LogP contribution in [0.25, 0.3) is 0 Å². The lowest BCUT2D eigenvalue weighted by molar-refractivity contribution is 1.19. The molecule has 0 aliphatic rings. The molecule has 1 radical (unpaired) electrons. The molecule has 3 heteroatoms. The predicted molar refractivity (Wildman–Crippen MR) is 66.7 cm³/mol. The van der Waals surface area contributed by atoms with Crippen LogP contribution < -0.4 is 5.32 Å². The van der Waals surface area contributed by atoms with Crippen LogP contribution in [-0.4, -0.2) is 0 Å². The Balaban J connectivity index is 1.99. The Morgan fingerprint density at radius 3 is 2.93 bits per heavy atom. The molecule has 0 atom stereocenters. The van der Waals surface area contributed by atoms with E-state index in [9.17, 15) is 0 Å². The second-order valence-corrected chi connectivity index (χ2v) is 5.07. The van der Waals surface area contributed by atoms with Gasteiger partial charge in [0, 0.05) is 28.1 Å². The van der Waals surface area contributed by atoms with Crippen LogP contribution in [-0.2, 0) is 6.54 Å². The molecule has 0 amide bonds. The molecule has 0 spiro atoms. The summed E-state index contributed by atoms with van der Waals surface area (Å²) in [5.74, 6) is 0. The van der Waals surface area contributed by atoms with Crippen molar-refractivity contribution in [1.29, 1.82) is 0 Å². The van der Waals surface area contributed by atoms with Gasteiger partial charge < -0.3 is 5.32 Å². The molecule has 0 saturated heterocycles. The van der Waals surface area contributed by atoms with Gasteiger partial charge in [0.05, 0.1) is 5.02 Å². The molecule has 1 aromatic heterocycles. The summed E-state index contributed by atoms with van der Waals surface area (Å²) in [5.41, 5.74) is 1.03. The van der Waals surface area contributed by atoms with Gasteiger partial charge in [0.1, 0.15) is 0 Å². The minimum absolute atomic E-state index is 0.641. The molecule has 0 aliphatic heterocycles. The quantitative estimate of drug-likeness (QED) is 0.845. The van der Waals surface area contributed by atoms with Crippen molar-refractivity contribution in [2.75, 3.05) is 5.32 Å². The normalized spacial score (nSPS) is 10.3. The Morgan fingerprint density at radius 2 is 2.27 bits per heavy atom. The largest absolute Gasteiger partial charge is 0.380 e. The zero-order valence-corrected chi connectivity index (χ0v) is 9.95. The summed E-state index contributed by atoms with van der Waals surface area (Å²) in [7, 11) is 0. The van der Waals surface area contributed by atoms with E-state index in [0.29, 0.717) is 5.02 Å². The highest BCUT2D eigenvalue weighted by atomic mass is 35.5. The summed E-state index contributed by atoms with van der Waals surface area (Å²) in [4.78, 5) is 2.67. The Bertz CT molecular complexity index is 450. The van der Waals surface area contributed by atoms with Gasteiger partial charge in [-0.2, -0.15) is 0 Å². The van der Waals surface area contributed by atoms with Gasteiger partial charge in [0.2, 0.25) is 0 Å². The summed E-state index contributed by atoms with van der Waals surface area (Å²) in [5, 5.41) is 3.96. The van der Waals surface area contributed by atoms with Crippen LogP contribution in [0.2, 0.25) is 5.02 Å². The third kappa shape index (κ3) is 2.98. The van der Waals surface area contributed by atoms with Gasteiger partial charge in [0.25, 0.3) is 0 Å². The average Bonchev–Trinajstić information content (AvgIpc) is 2.62. The monoisotopic (exact) mass is 236 g/mol. The molecule has 2 aromatic rings. The lowest BCUT2D eigenvalue weighted by Gasteiger charge is -2.04.